The summed E-state index contributed by atoms with van der Waals surface area (Å²) < 4.78 is 42.9. The molecule has 0 unspecified atom stereocenters. The van der Waals surface area contributed by atoms with Gasteiger partial charge in [-0.15, -0.1) is 13.2 Å². The highest BCUT2D eigenvalue weighted by molar-refractivity contribution is 5.88. The largest absolute Gasteiger partial charge is 0.573 e. The Morgan fingerprint density at radius 1 is 1.19 bits per heavy atom. The van der Waals surface area contributed by atoms with E-state index in [2.05, 4.69) is 19.9 Å². The molecule has 3 heterocycles. The summed E-state index contributed by atoms with van der Waals surface area (Å²) in [4.78, 5) is 16.1. The van der Waals surface area contributed by atoms with Gasteiger partial charge in [0.05, 0.1) is 29.2 Å². The lowest BCUT2D eigenvalue weighted by Gasteiger charge is -2.10. The Hall–Kier alpha value is -3.40. The first kappa shape index (κ1) is 17.0. The molecule has 1 aromatic carbocycles. The highest BCUT2D eigenvalue weighted by atomic mass is 19.4. The third kappa shape index (κ3) is 3.10. The Morgan fingerprint density at radius 2 is 2.00 bits per heavy atom. The monoisotopic (exact) mass is 375 g/mol. The molecule has 3 N–H and O–H groups in total. The molecule has 0 amide bonds. The first-order valence-corrected chi connectivity index (χ1v) is 7.80. The van der Waals surface area contributed by atoms with E-state index < -0.39 is 6.36 Å². The average molecular weight is 375 g/mol. The van der Waals surface area contributed by atoms with E-state index in [4.69, 9.17) is 5.73 Å². The van der Waals surface area contributed by atoms with Crippen molar-refractivity contribution in [3.63, 3.8) is 0 Å². The zero-order valence-electron chi connectivity index (χ0n) is 13.6. The van der Waals surface area contributed by atoms with Crippen molar-refractivity contribution in [3.05, 3.63) is 58.8 Å². The number of halogens is 3. The number of ether oxygens (including phenoxy) is 1. The predicted octanol–water partition coefficient (Wildman–Crippen LogP) is 2.60. The number of nitrogens with zero attached hydrogens (tertiary/aromatic N) is 3. The molecule has 0 saturated carbocycles. The van der Waals surface area contributed by atoms with E-state index in [0.29, 0.717) is 33.4 Å². The molecule has 138 valence electrons. The number of aromatic amines is 1. The summed E-state index contributed by atoms with van der Waals surface area (Å²) in [5.74, 6) is -0.365. The van der Waals surface area contributed by atoms with Crippen LogP contribution in [0.25, 0.3) is 27.7 Å². The summed E-state index contributed by atoms with van der Waals surface area (Å²) in [5.41, 5.74) is 7.44. The van der Waals surface area contributed by atoms with Crippen LogP contribution < -0.4 is 16.0 Å². The van der Waals surface area contributed by atoms with Gasteiger partial charge in [0.15, 0.2) is 0 Å². The second-order valence-electron chi connectivity index (χ2n) is 5.75. The maximum Gasteiger partial charge on any atom is 0.573 e. The number of imidazole rings is 1. The Bertz CT molecular complexity index is 1210. The van der Waals surface area contributed by atoms with Crippen molar-refractivity contribution in [1.29, 1.82) is 0 Å². The first-order chi connectivity index (χ1) is 12.9. The van der Waals surface area contributed by atoms with Crippen molar-refractivity contribution in [2.24, 2.45) is 5.73 Å². The fourth-order valence-corrected chi connectivity index (χ4v) is 2.90. The number of alkyl halides is 3. The Labute approximate surface area is 149 Å². The van der Waals surface area contributed by atoms with Crippen LogP contribution in [0.5, 0.6) is 5.75 Å². The molecule has 0 fully saturated rings. The van der Waals surface area contributed by atoms with Crippen LogP contribution in [0.4, 0.5) is 13.2 Å². The van der Waals surface area contributed by atoms with Crippen molar-refractivity contribution in [3.8, 4) is 17.0 Å². The normalized spacial score (nSPS) is 12.0. The highest BCUT2D eigenvalue weighted by Gasteiger charge is 2.31. The summed E-state index contributed by atoms with van der Waals surface area (Å²) in [6.07, 6.45) is -2.06. The molecule has 0 aliphatic heterocycles. The van der Waals surface area contributed by atoms with Crippen molar-refractivity contribution in [2.45, 2.75) is 12.9 Å². The highest BCUT2D eigenvalue weighted by Crippen LogP contribution is 2.28. The van der Waals surface area contributed by atoms with Gasteiger partial charge in [-0.3, -0.25) is 9.20 Å². The van der Waals surface area contributed by atoms with Gasteiger partial charge in [-0.2, -0.15) is 5.10 Å². The first-order valence-electron chi connectivity index (χ1n) is 7.80. The zero-order valence-corrected chi connectivity index (χ0v) is 13.6. The fraction of sp³-hybridized carbons (Fsp3) is 0.118. The van der Waals surface area contributed by atoms with Gasteiger partial charge in [0, 0.05) is 17.5 Å². The van der Waals surface area contributed by atoms with E-state index in [1.165, 1.54) is 28.9 Å². The summed E-state index contributed by atoms with van der Waals surface area (Å²) in [7, 11) is 0. The van der Waals surface area contributed by atoms with E-state index in [1.807, 2.05) is 0 Å². The van der Waals surface area contributed by atoms with Gasteiger partial charge in [-0.1, -0.05) is 6.07 Å². The van der Waals surface area contributed by atoms with Gasteiger partial charge in [0.2, 0.25) is 0 Å². The molecular weight excluding hydrogens is 363 g/mol. The van der Waals surface area contributed by atoms with Gasteiger partial charge < -0.3 is 10.5 Å². The van der Waals surface area contributed by atoms with Gasteiger partial charge in [-0.05, 0) is 24.3 Å². The van der Waals surface area contributed by atoms with E-state index in [0.717, 1.165) is 0 Å². The third-order valence-corrected chi connectivity index (χ3v) is 4.07. The molecule has 7 nitrogen and oxygen atoms in total. The SMILES string of the molecule is NCc1n[nH]c(=O)c2ccc(-c3cnc4ccc(OC(F)(F)F)cn34)cc12. The molecule has 3 aromatic heterocycles. The summed E-state index contributed by atoms with van der Waals surface area (Å²) in [5, 5.41) is 7.30. The molecule has 0 spiro atoms. The maximum absolute atomic E-state index is 12.5. The minimum atomic E-state index is -4.79. The molecule has 0 bridgehead atoms. The van der Waals surface area contributed by atoms with Crippen LogP contribution in [-0.4, -0.2) is 25.9 Å². The number of nitrogens with one attached hydrogen (secondary N) is 1. The minimum Gasteiger partial charge on any atom is -0.404 e. The molecule has 27 heavy (non-hydrogen) atoms. The minimum absolute atomic E-state index is 0.119. The number of benzene rings is 1. The lowest BCUT2D eigenvalue weighted by Crippen LogP contribution is -2.17. The molecule has 0 aliphatic carbocycles. The molecule has 4 rings (SSSR count). The lowest BCUT2D eigenvalue weighted by atomic mass is 10.1. The van der Waals surface area contributed by atoms with Gasteiger partial charge in [0.1, 0.15) is 11.4 Å². The van der Waals surface area contributed by atoms with E-state index in [1.54, 1.807) is 18.2 Å². The van der Waals surface area contributed by atoms with Crippen molar-refractivity contribution >= 4 is 16.4 Å². The summed E-state index contributed by atoms with van der Waals surface area (Å²) in [6.45, 7) is 0.119. The number of nitrogens with two attached hydrogens (primary N) is 1. The number of pyridine rings is 1. The van der Waals surface area contributed by atoms with Crippen molar-refractivity contribution < 1.29 is 17.9 Å². The standard InChI is InChI=1S/C17H12F3N5O2/c18-17(19,20)27-10-2-4-15-22-7-14(25(15)8-10)9-1-3-11-12(5-9)13(6-21)23-24-16(11)26/h1-5,7-8H,6,21H2,(H,24,26). The fourth-order valence-electron chi connectivity index (χ4n) is 2.90. The topological polar surface area (TPSA) is 98.3 Å². The van der Waals surface area contributed by atoms with Crippen LogP contribution in [0.15, 0.2) is 47.5 Å². The third-order valence-electron chi connectivity index (χ3n) is 4.07. The van der Waals surface area contributed by atoms with E-state index in [9.17, 15) is 18.0 Å². The van der Waals surface area contributed by atoms with E-state index >= 15 is 0 Å². The van der Waals surface area contributed by atoms with Gasteiger partial charge in [0.25, 0.3) is 5.56 Å². The van der Waals surface area contributed by atoms with Crippen LogP contribution >= 0.6 is 0 Å². The van der Waals surface area contributed by atoms with Gasteiger partial charge >= 0.3 is 6.36 Å². The Morgan fingerprint density at radius 3 is 2.74 bits per heavy atom. The Balaban J connectivity index is 1.89. The number of rotatable bonds is 3. The quantitative estimate of drug-likeness (QED) is 0.574. The van der Waals surface area contributed by atoms with Crippen LogP contribution in [0.2, 0.25) is 0 Å². The van der Waals surface area contributed by atoms with Crippen molar-refractivity contribution in [2.75, 3.05) is 0 Å². The average Bonchev–Trinajstić information content (AvgIpc) is 3.03. The molecule has 10 heteroatoms. The Kier molecular flexibility index (Phi) is 3.84. The van der Waals surface area contributed by atoms with Crippen LogP contribution in [-0.2, 0) is 6.54 Å². The molecule has 0 saturated heterocycles. The maximum atomic E-state index is 12.5. The van der Waals surface area contributed by atoms with Gasteiger partial charge in [-0.25, -0.2) is 10.1 Å². The second kappa shape index (κ2) is 6.09. The number of aromatic nitrogens is 4. The molecule has 0 aliphatic rings. The summed E-state index contributed by atoms with van der Waals surface area (Å²) >= 11 is 0. The number of H-pyrrole nitrogens is 1. The number of fused-ring (bicyclic) bond motifs is 2. The summed E-state index contributed by atoms with van der Waals surface area (Å²) in [6, 6.07) is 7.61. The predicted molar refractivity (Wildman–Crippen MR) is 91.1 cm³/mol. The van der Waals surface area contributed by atoms with Crippen LogP contribution in [0.3, 0.4) is 0 Å². The molecule has 0 radical (unpaired) electrons. The molecule has 4 aromatic rings. The smallest absolute Gasteiger partial charge is 0.404 e. The van der Waals surface area contributed by atoms with Crippen LogP contribution in [0.1, 0.15) is 5.69 Å². The molecule has 0 atom stereocenters. The second-order valence-corrected chi connectivity index (χ2v) is 5.75. The number of hydrogen-bond acceptors (Lipinski definition) is 5. The van der Waals surface area contributed by atoms with Crippen LogP contribution in [0, 0.1) is 0 Å². The van der Waals surface area contributed by atoms with Crippen molar-refractivity contribution in [1.82, 2.24) is 19.6 Å². The van der Waals surface area contributed by atoms with E-state index in [-0.39, 0.29) is 17.9 Å². The zero-order chi connectivity index (χ0) is 19.2. The lowest BCUT2D eigenvalue weighted by molar-refractivity contribution is -0.274. The molecular formula is C17H12F3N5O2. The number of hydrogen-bond donors (Lipinski definition) is 2.